The predicted molar refractivity (Wildman–Crippen MR) is 106 cm³/mol. The van der Waals surface area contributed by atoms with Gasteiger partial charge >= 0.3 is 0 Å². The van der Waals surface area contributed by atoms with E-state index in [-0.39, 0.29) is 24.0 Å². The van der Waals surface area contributed by atoms with Gasteiger partial charge in [0, 0.05) is 46.2 Å². The van der Waals surface area contributed by atoms with Crippen LogP contribution in [0.3, 0.4) is 0 Å². The molecule has 7 heteroatoms. The minimum Gasteiger partial charge on any atom is -0.378 e. The van der Waals surface area contributed by atoms with Gasteiger partial charge < -0.3 is 10.1 Å². The summed E-state index contributed by atoms with van der Waals surface area (Å²) >= 11 is 0. The van der Waals surface area contributed by atoms with Crippen molar-refractivity contribution in [2.24, 2.45) is 0 Å². The van der Waals surface area contributed by atoms with Crippen LogP contribution in [0.4, 0.5) is 0 Å². The molecule has 2 bridgehead atoms. The number of morpholine rings is 1. The number of hydrogen-bond donors (Lipinski definition) is 1. The number of carbonyl (C=O) groups excluding carboxylic acids is 1. The summed E-state index contributed by atoms with van der Waals surface area (Å²) in [6, 6.07) is 8.81. The van der Waals surface area contributed by atoms with Gasteiger partial charge in [0.05, 0.1) is 24.3 Å². The molecule has 7 nitrogen and oxygen atoms in total. The maximum atomic E-state index is 13.2. The highest BCUT2D eigenvalue weighted by atomic mass is 16.5. The van der Waals surface area contributed by atoms with Gasteiger partial charge in [0.15, 0.2) is 0 Å². The third kappa shape index (κ3) is 2.96. The van der Waals surface area contributed by atoms with Crippen molar-refractivity contribution in [1.29, 1.82) is 0 Å². The number of aromatic nitrogens is 3. The summed E-state index contributed by atoms with van der Waals surface area (Å²) in [5, 5.41) is 3.95. The second kappa shape index (κ2) is 7.00. The Morgan fingerprint density at radius 2 is 1.93 bits per heavy atom. The minimum atomic E-state index is -2.16. The van der Waals surface area contributed by atoms with E-state index in [1.165, 1.54) is 0 Å². The van der Waals surface area contributed by atoms with Crippen LogP contribution in [0.5, 0.6) is 0 Å². The first kappa shape index (κ1) is 14.3. The topological polar surface area (TPSA) is 72.3 Å². The van der Waals surface area contributed by atoms with Gasteiger partial charge in [0.25, 0.3) is 5.91 Å². The fourth-order valence-electron chi connectivity index (χ4n) is 4.24. The van der Waals surface area contributed by atoms with Gasteiger partial charge in [-0.2, -0.15) is 0 Å². The van der Waals surface area contributed by atoms with Crippen LogP contribution in [-0.4, -0.2) is 63.7 Å². The van der Waals surface area contributed by atoms with Crippen LogP contribution in [0.15, 0.2) is 48.9 Å². The number of nitrogens with zero attached hydrogens (tertiary/aromatic N) is 4. The predicted octanol–water partition coefficient (Wildman–Crippen LogP) is 2.01. The lowest BCUT2D eigenvalue weighted by Gasteiger charge is -2.46. The maximum Gasteiger partial charge on any atom is 0.253 e. The molecule has 0 spiro atoms. The number of likely N-dealkylation sites (N-methyl/N-ethyl adjacent to an activating group) is 1. The first-order chi connectivity index (χ1) is 14.9. The van der Waals surface area contributed by atoms with Crippen LogP contribution in [0.1, 0.15) is 27.3 Å². The summed E-state index contributed by atoms with van der Waals surface area (Å²) in [5.41, 5.74) is 1.39. The summed E-state index contributed by atoms with van der Waals surface area (Å²) in [6.07, 6.45) is 6.17. The fourth-order valence-corrected chi connectivity index (χ4v) is 4.24. The van der Waals surface area contributed by atoms with Crippen LogP contribution in [0.25, 0.3) is 16.9 Å². The largest absolute Gasteiger partial charge is 0.378 e. The molecule has 1 amide bonds. The van der Waals surface area contributed by atoms with E-state index in [0.717, 1.165) is 10.9 Å². The molecule has 3 atom stereocenters. The highest BCUT2D eigenvalue weighted by molar-refractivity contribution is 6.07. The molecule has 5 rings (SSSR count). The Labute approximate surface area is 167 Å². The molecule has 2 fully saturated rings. The number of carbonyl (C=O) groups is 1. The number of ether oxygens (including phenoxy) is 1. The number of fused-ring (bicyclic) bond motifs is 3. The Bertz CT molecular complexity index is 1090. The molecule has 28 heavy (non-hydrogen) atoms. The maximum absolute atomic E-state index is 13.2. The average molecular weight is 380 g/mol. The van der Waals surface area contributed by atoms with Crippen LogP contribution < -0.4 is 5.32 Å². The normalized spacial score (nSPS) is 27.0. The Hall–Kier alpha value is -2.77. The zero-order valence-corrected chi connectivity index (χ0v) is 15.3. The summed E-state index contributed by atoms with van der Waals surface area (Å²) in [7, 11) is 0. The highest BCUT2D eigenvalue weighted by Crippen LogP contribution is 2.28. The first-order valence-electron chi connectivity index (χ1n) is 11.0. The van der Waals surface area contributed by atoms with Crippen molar-refractivity contribution in [2.45, 2.75) is 31.0 Å². The van der Waals surface area contributed by atoms with E-state index < -0.39 is 6.98 Å². The van der Waals surface area contributed by atoms with Crippen LogP contribution in [-0.2, 0) is 4.74 Å². The van der Waals surface area contributed by atoms with Crippen molar-refractivity contribution in [1.82, 2.24) is 24.8 Å². The van der Waals surface area contributed by atoms with Crippen molar-refractivity contribution in [3.63, 3.8) is 0 Å². The van der Waals surface area contributed by atoms with E-state index in [2.05, 4.69) is 15.3 Å². The lowest BCUT2D eigenvalue weighted by atomic mass is 9.90. The van der Waals surface area contributed by atoms with Crippen molar-refractivity contribution in [3.8, 4) is 5.95 Å². The third-order valence-electron chi connectivity index (χ3n) is 5.58. The molecule has 3 aromatic rings. The van der Waals surface area contributed by atoms with Crippen LogP contribution >= 0.6 is 0 Å². The zero-order chi connectivity index (χ0) is 21.6. The molecule has 1 N–H and O–H groups in total. The molecule has 0 aliphatic carbocycles. The van der Waals surface area contributed by atoms with Crippen molar-refractivity contribution < 1.29 is 13.6 Å². The number of amides is 1. The highest BCUT2D eigenvalue weighted by Gasteiger charge is 2.37. The number of hydrogen-bond acceptors (Lipinski definition) is 5. The number of piperidine rings is 1. The number of para-hydroxylation sites is 1. The summed E-state index contributed by atoms with van der Waals surface area (Å²) < 4.78 is 30.9. The Morgan fingerprint density at radius 3 is 2.68 bits per heavy atom. The number of nitrogens with one attached hydrogen (secondary N) is 1. The zero-order valence-electron chi connectivity index (χ0n) is 18.3. The lowest BCUT2D eigenvalue weighted by Crippen LogP contribution is -2.59. The molecule has 2 saturated heterocycles. The summed E-state index contributed by atoms with van der Waals surface area (Å²) in [5.74, 6) is 0.313. The average Bonchev–Trinajstić information content (AvgIpc) is 3.13. The van der Waals surface area contributed by atoms with Crippen molar-refractivity contribution in [2.75, 3.05) is 20.2 Å². The molecule has 2 aromatic heterocycles. The second-order valence-corrected chi connectivity index (χ2v) is 7.37. The molecule has 2 aliphatic heterocycles. The van der Waals surface area contributed by atoms with Crippen molar-refractivity contribution in [3.05, 3.63) is 54.5 Å². The van der Waals surface area contributed by atoms with Gasteiger partial charge in [-0.1, -0.05) is 18.2 Å². The van der Waals surface area contributed by atoms with Gasteiger partial charge in [-0.3, -0.25) is 14.3 Å². The monoisotopic (exact) mass is 380 g/mol. The van der Waals surface area contributed by atoms with E-state index in [1.54, 1.807) is 29.6 Å². The number of rotatable bonds is 3. The molecule has 1 aromatic carbocycles. The molecule has 0 unspecified atom stereocenters. The Balaban J connectivity index is 1.41. The van der Waals surface area contributed by atoms with Crippen molar-refractivity contribution >= 4 is 16.8 Å². The first-order valence-corrected chi connectivity index (χ1v) is 9.46. The summed E-state index contributed by atoms with van der Waals surface area (Å²) in [6.45, 7) is -1.42. The van der Waals surface area contributed by atoms with Gasteiger partial charge in [-0.15, -0.1) is 0 Å². The van der Waals surface area contributed by atoms with Gasteiger partial charge in [0.1, 0.15) is 0 Å². The van der Waals surface area contributed by atoms with E-state index >= 15 is 0 Å². The Morgan fingerprint density at radius 1 is 1.18 bits per heavy atom. The lowest BCUT2D eigenvalue weighted by molar-refractivity contribution is -0.0670. The van der Waals surface area contributed by atoms with Gasteiger partial charge in [0.2, 0.25) is 5.95 Å². The molecule has 2 aliphatic rings. The molecule has 0 saturated carbocycles. The standard InChI is InChI=1S/C21H23N5O2/c1-25-15-9-14(10-16(25)13-28-12-15)24-20(27)18-11-26(21-22-7-4-8-23-21)19-6-3-2-5-17(18)19/h2-8,11,14-16H,9-10,12-13H2,1H3,(H,24,27)/t14-,15-,16+/i1D3. The van der Waals surface area contributed by atoms with Crippen LogP contribution in [0.2, 0.25) is 0 Å². The van der Waals surface area contributed by atoms with E-state index in [1.807, 2.05) is 28.8 Å². The quantitative estimate of drug-likeness (QED) is 0.753. The molecular formula is C21H23N5O2. The Kier molecular flexibility index (Phi) is 3.56. The minimum absolute atomic E-state index is 0.111. The summed E-state index contributed by atoms with van der Waals surface area (Å²) in [4.78, 5) is 23.4. The van der Waals surface area contributed by atoms with Crippen LogP contribution in [0, 0.1) is 0 Å². The molecule has 0 radical (unpaired) electrons. The molecular weight excluding hydrogens is 354 g/mol. The smallest absolute Gasteiger partial charge is 0.253 e. The second-order valence-electron chi connectivity index (χ2n) is 7.37. The third-order valence-corrected chi connectivity index (χ3v) is 5.58. The van der Waals surface area contributed by atoms with Gasteiger partial charge in [-0.25, -0.2) is 9.97 Å². The number of benzene rings is 1. The molecule has 4 heterocycles. The van der Waals surface area contributed by atoms with E-state index in [4.69, 9.17) is 8.85 Å². The van der Waals surface area contributed by atoms with E-state index in [9.17, 15) is 4.79 Å². The SMILES string of the molecule is [2H]C([2H])([2H])N1[C@@H]2COC[C@H]1C[C@@H](NC(=O)c1cn(-c3ncccn3)c3ccccc13)C2. The fraction of sp³-hybridized carbons (Fsp3) is 0.381. The van der Waals surface area contributed by atoms with E-state index in [0.29, 0.717) is 37.6 Å². The molecule has 144 valence electrons. The van der Waals surface area contributed by atoms with Gasteiger partial charge in [-0.05, 0) is 32.0 Å².